The first-order valence-corrected chi connectivity index (χ1v) is 8.96. The Morgan fingerprint density at radius 2 is 1.88 bits per heavy atom. The summed E-state index contributed by atoms with van der Waals surface area (Å²) in [6, 6.07) is 17.5. The molecule has 2 aromatic carbocycles. The lowest BCUT2D eigenvalue weighted by Crippen LogP contribution is -2.49. The molecule has 3 rings (SSSR count). The highest BCUT2D eigenvalue weighted by atomic mass is 16.3. The van der Waals surface area contributed by atoms with Crippen LogP contribution in [0.3, 0.4) is 0 Å². The number of amides is 1. The van der Waals surface area contributed by atoms with Crippen molar-refractivity contribution in [2.45, 2.75) is 25.3 Å². The number of likely N-dealkylation sites (tertiary alicyclic amines) is 1. The highest BCUT2D eigenvalue weighted by molar-refractivity contribution is 5.96. The maximum atomic E-state index is 12.7. The molecule has 1 amide bonds. The number of nitrogens with zero attached hydrogens (tertiary/aromatic N) is 2. The molecule has 0 aromatic heterocycles. The molecule has 0 aliphatic carbocycles. The molecule has 0 radical (unpaired) electrons. The summed E-state index contributed by atoms with van der Waals surface area (Å²) in [7, 11) is 1.85. The van der Waals surface area contributed by atoms with Gasteiger partial charge in [0.05, 0.1) is 5.56 Å². The second kappa shape index (κ2) is 8.17. The fraction of sp³-hybridized carbons (Fsp3) is 0.381. The number of phenols is 1. The van der Waals surface area contributed by atoms with Gasteiger partial charge in [0.25, 0.3) is 5.91 Å². The molecule has 0 bridgehead atoms. The van der Waals surface area contributed by atoms with Gasteiger partial charge in [0, 0.05) is 26.2 Å². The topological polar surface area (TPSA) is 43.8 Å². The lowest BCUT2D eigenvalue weighted by molar-refractivity contribution is 0.0616. The van der Waals surface area contributed by atoms with E-state index in [9.17, 15) is 9.90 Å². The second-order valence-electron chi connectivity index (χ2n) is 6.77. The minimum atomic E-state index is -0.104. The molecule has 2 aromatic rings. The number of benzene rings is 2. The number of carbonyl (C=O) groups is 1. The molecule has 1 fully saturated rings. The number of likely N-dealkylation sites (N-methyl/N-ethyl adjacent to an activating group) is 1. The molecule has 0 unspecified atom stereocenters. The van der Waals surface area contributed by atoms with Crippen molar-refractivity contribution in [2.24, 2.45) is 0 Å². The van der Waals surface area contributed by atoms with Crippen molar-refractivity contribution in [3.05, 3.63) is 65.7 Å². The number of carbonyl (C=O) groups excluding carboxylic acids is 1. The molecule has 1 N–H and O–H groups in total. The van der Waals surface area contributed by atoms with Gasteiger partial charge in [-0.15, -0.1) is 0 Å². The van der Waals surface area contributed by atoms with E-state index in [1.165, 1.54) is 5.56 Å². The Balaban J connectivity index is 1.59. The second-order valence-corrected chi connectivity index (χ2v) is 6.77. The van der Waals surface area contributed by atoms with E-state index in [0.717, 1.165) is 38.9 Å². The zero-order chi connectivity index (χ0) is 17.6. The van der Waals surface area contributed by atoms with Crippen molar-refractivity contribution in [3.8, 4) is 5.75 Å². The van der Waals surface area contributed by atoms with Crippen LogP contribution in [0.15, 0.2) is 54.6 Å². The third kappa shape index (κ3) is 4.40. The average Bonchev–Trinajstić information content (AvgIpc) is 2.67. The van der Waals surface area contributed by atoms with Gasteiger partial charge in [-0.2, -0.15) is 0 Å². The Morgan fingerprint density at radius 1 is 1.16 bits per heavy atom. The largest absolute Gasteiger partial charge is 0.507 e. The van der Waals surface area contributed by atoms with Crippen LogP contribution in [0.1, 0.15) is 28.8 Å². The molecular weight excluding hydrogens is 312 g/mol. The van der Waals surface area contributed by atoms with Gasteiger partial charge in [0.1, 0.15) is 5.75 Å². The van der Waals surface area contributed by atoms with Crippen LogP contribution >= 0.6 is 0 Å². The molecule has 0 spiro atoms. The van der Waals surface area contributed by atoms with Gasteiger partial charge in [-0.3, -0.25) is 4.79 Å². The minimum absolute atomic E-state index is 0.0519. The van der Waals surface area contributed by atoms with Gasteiger partial charge >= 0.3 is 0 Å². The van der Waals surface area contributed by atoms with Crippen LogP contribution in [-0.2, 0) is 6.42 Å². The Hall–Kier alpha value is -2.33. The Bertz CT molecular complexity index is 702. The normalized spacial score (nSPS) is 18.0. The monoisotopic (exact) mass is 338 g/mol. The molecule has 1 aliphatic rings. The third-order valence-corrected chi connectivity index (χ3v) is 5.04. The van der Waals surface area contributed by atoms with Crippen molar-refractivity contribution in [2.75, 3.05) is 26.7 Å². The number of piperidine rings is 1. The number of rotatable bonds is 5. The van der Waals surface area contributed by atoms with E-state index in [1.54, 1.807) is 29.2 Å². The van der Waals surface area contributed by atoms with E-state index >= 15 is 0 Å². The molecule has 1 heterocycles. The van der Waals surface area contributed by atoms with Crippen LogP contribution in [0, 0.1) is 0 Å². The van der Waals surface area contributed by atoms with Gasteiger partial charge < -0.3 is 14.9 Å². The molecule has 4 heteroatoms. The summed E-state index contributed by atoms with van der Waals surface area (Å²) < 4.78 is 0. The van der Waals surface area contributed by atoms with Crippen LogP contribution in [0.2, 0.25) is 0 Å². The first-order chi connectivity index (χ1) is 12.1. The van der Waals surface area contributed by atoms with E-state index in [4.69, 9.17) is 0 Å². The molecule has 25 heavy (non-hydrogen) atoms. The van der Waals surface area contributed by atoms with Crippen LogP contribution in [-0.4, -0.2) is 53.5 Å². The predicted molar refractivity (Wildman–Crippen MR) is 99.8 cm³/mol. The summed E-state index contributed by atoms with van der Waals surface area (Å²) in [5, 5.41) is 9.93. The SMILES string of the molecule is CN(C(=O)c1ccccc1O)[C@H]1CCCN(CCc2ccccc2)C1. The first-order valence-electron chi connectivity index (χ1n) is 8.96. The van der Waals surface area contributed by atoms with Crippen LogP contribution in [0.5, 0.6) is 5.75 Å². The van der Waals surface area contributed by atoms with E-state index in [1.807, 2.05) is 13.1 Å². The highest BCUT2D eigenvalue weighted by Crippen LogP contribution is 2.21. The molecule has 4 nitrogen and oxygen atoms in total. The van der Waals surface area contributed by atoms with E-state index in [0.29, 0.717) is 5.56 Å². The fourth-order valence-corrected chi connectivity index (χ4v) is 3.49. The van der Waals surface area contributed by atoms with Crippen molar-refractivity contribution in [3.63, 3.8) is 0 Å². The fourth-order valence-electron chi connectivity index (χ4n) is 3.49. The summed E-state index contributed by atoms with van der Waals surface area (Å²) >= 11 is 0. The van der Waals surface area contributed by atoms with Crippen molar-refractivity contribution >= 4 is 5.91 Å². The van der Waals surface area contributed by atoms with Gasteiger partial charge in [-0.05, 0) is 43.5 Å². The summed E-state index contributed by atoms with van der Waals surface area (Å²) in [5.41, 5.74) is 1.73. The maximum absolute atomic E-state index is 12.7. The number of hydrogen-bond donors (Lipinski definition) is 1. The van der Waals surface area contributed by atoms with Crippen LogP contribution < -0.4 is 0 Å². The Morgan fingerprint density at radius 3 is 2.64 bits per heavy atom. The van der Waals surface area contributed by atoms with Gasteiger partial charge in [0.2, 0.25) is 0 Å². The van der Waals surface area contributed by atoms with Crippen LogP contribution in [0.25, 0.3) is 0 Å². The summed E-state index contributed by atoms with van der Waals surface area (Å²) in [4.78, 5) is 16.9. The number of para-hydroxylation sites is 1. The molecule has 132 valence electrons. The molecule has 1 saturated heterocycles. The zero-order valence-corrected chi connectivity index (χ0v) is 14.8. The van der Waals surface area contributed by atoms with Crippen molar-refractivity contribution < 1.29 is 9.90 Å². The minimum Gasteiger partial charge on any atom is -0.507 e. The van der Waals surface area contributed by atoms with Crippen molar-refractivity contribution in [1.29, 1.82) is 0 Å². The zero-order valence-electron chi connectivity index (χ0n) is 14.8. The number of hydrogen-bond acceptors (Lipinski definition) is 3. The molecule has 0 saturated carbocycles. The molecule has 1 aliphatic heterocycles. The summed E-state index contributed by atoms with van der Waals surface area (Å²) in [6.45, 7) is 2.99. The first kappa shape index (κ1) is 17.5. The molecular formula is C21H26N2O2. The van der Waals surface area contributed by atoms with E-state index in [-0.39, 0.29) is 17.7 Å². The smallest absolute Gasteiger partial charge is 0.257 e. The van der Waals surface area contributed by atoms with Gasteiger partial charge in [0.15, 0.2) is 0 Å². The number of phenolic OH excluding ortho intramolecular Hbond substituents is 1. The quantitative estimate of drug-likeness (QED) is 0.911. The third-order valence-electron chi connectivity index (χ3n) is 5.04. The van der Waals surface area contributed by atoms with E-state index < -0.39 is 0 Å². The Labute approximate surface area is 149 Å². The van der Waals surface area contributed by atoms with Crippen LogP contribution in [0.4, 0.5) is 0 Å². The van der Waals surface area contributed by atoms with Gasteiger partial charge in [-0.1, -0.05) is 42.5 Å². The summed E-state index contributed by atoms with van der Waals surface area (Å²) in [6.07, 6.45) is 3.14. The average molecular weight is 338 g/mol. The standard InChI is InChI=1S/C21H26N2O2/c1-22(21(25)19-11-5-6-12-20(19)24)18-10-7-14-23(16-18)15-13-17-8-3-2-4-9-17/h2-6,8-9,11-12,18,24H,7,10,13-16H2,1H3/t18-/m0/s1. The lowest BCUT2D eigenvalue weighted by Gasteiger charge is -2.37. The lowest BCUT2D eigenvalue weighted by atomic mass is 10.0. The van der Waals surface area contributed by atoms with E-state index in [2.05, 4.69) is 29.2 Å². The summed E-state index contributed by atoms with van der Waals surface area (Å²) in [5.74, 6) is -0.0518. The highest BCUT2D eigenvalue weighted by Gasteiger charge is 2.27. The maximum Gasteiger partial charge on any atom is 0.257 e. The Kier molecular flexibility index (Phi) is 5.71. The van der Waals surface area contributed by atoms with Gasteiger partial charge in [-0.25, -0.2) is 0 Å². The van der Waals surface area contributed by atoms with Crippen molar-refractivity contribution in [1.82, 2.24) is 9.80 Å². The number of aromatic hydroxyl groups is 1. The molecule has 1 atom stereocenters. The predicted octanol–water partition coefficient (Wildman–Crippen LogP) is 3.17.